The Kier molecular flexibility index (Phi) is 68.9. The van der Waals surface area contributed by atoms with Gasteiger partial charge >= 0.3 is 23.2 Å². The standard InChI is InChI=1S/La.Mo.Na.O. The van der Waals surface area contributed by atoms with Crippen LogP contribution in [0.3, 0.4) is 0 Å². The van der Waals surface area contributed by atoms with E-state index in [2.05, 4.69) is 0 Å². The summed E-state index contributed by atoms with van der Waals surface area (Å²) in [6.45, 7) is 0. The van der Waals surface area contributed by atoms with Crippen molar-refractivity contribution in [3.8, 4) is 0 Å². The first kappa shape index (κ1) is 15.9. The molecule has 2 radical (unpaired) electrons. The van der Waals surface area contributed by atoms with Gasteiger partial charge in [-0.3, -0.25) is 0 Å². The van der Waals surface area contributed by atoms with Gasteiger partial charge in [0, 0.05) is 65.2 Å². The van der Waals surface area contributed by atoms with Gasteiger partial charge in [0.15, 0.2) is 0 Å². The van der Waals surface area contributed by atoms with E-state index in [0.29, 0.717) is 19.8 Å². The summed E-state index contributed by atoms with van der Waals surface area (Å²) in [5.41, 5.74) is 0. The van der Waals surface area contributed by atoms with Crippen molar-refractivity contribution in [3.05, 3.63) is 0 Å². The first-order valence-corrected chi connectivity index (χ1v) is 0.986. The molecule has 16 valence electrons. The summed E-state index contributed by atoms with van der Waals surface area (Å²) in [4.78, 5) is 0. The van der Waals surface area contributed by atoms with Crippen LogP contribution < -0.4 is 0 Å². The molecular weight excluding hydrogens is 274 g/mol. The second-order valence-electron chi connectivity index (χ2n) is 0. The van der Waals surface area contributed by atoms with Crippen molar-refractivity contribution < 1.29 is 58.8 Å². The van der Waals surface area contributed by atoms with E-state index < -0.39 is 0 Å². The molecule has 0 rings (SSSR count). The third-order valence-corrected chi connectivity index (χ3v) is 0. The van der Waals surface area contributed by atoms with Crippen molar-refractivity contribution in [1.82, 2.24) is 0 Å². The summed E-state index contributed by atoms with van der Waals surface area (Å²) in [5.74, 6) is 0. The van der Waals surface area contributed by atoms with Crippen molar-refractivity contribution >= 4 is 29.6 Å². The van der Waals surface area contributed by atoms with Gasteiger partial charge in [-0.15, -0.1) is 0 Å². The van der Waals surface area contributed by atoms with E-state index in [1.807, 2.05) is 0 Å². The fourth-order valence-electron chi connectivity index (χ4n) is 0. The van der Waals surface area contributed by atoms with Gasteiger partial charge in [-0.2, -0.15) is 0 Å². The molecule has 0 atom stereocenters. The van der Waals surface area contributed by atoms with Crippen molar-refractivity contribution in [3.63, 3.8) is 0 Å². The van der Waals surface area contributed by atoms with Crippen LogP contribution in [-0.2, 0) is 23.2 Å². The van der Waals surface area contributed by atoms with E-state index in [9.17, 15) is 0 Å². The predicted octanol–water partition coefficient (Wildman–Crippen LogP) is -0.502. The Labute approximate surface area is 86.4 Å². The van der Waals surface area contributed by atoms with Crippen molar-refractivity contribution in [2.75, 3.05) is 0 Å². The van der Waals surface area contributed by atoms with Crippen LogP contribution in [0.4, 0.5) is 0 Å². The average molecular weight is 274 g/mol. The molecular formula is LaMoNaO. The van der Waals surface area contributed by atoms with Crippen molar-refractivity contribution in [2.24, 2.45) is 0 Å². The van der Waals surface area contributed by atoms with E-state index in [-0.39, 0.29) is 65.2 Å². The fourth-order valence-corrected chi connectivity index (χ4v) is 0. The van der Waals surface area contributed by atoms with Crippen LogP contribution in [-0.4, -0.2) is 29.6 Å². The van der Waals surface area contributed by atoms with Crippen LogP contribution in [0, 0.1) is 35.6 Å². The summed E-state index contributed by atoms with van der Waals surface area (Å²) in [7, 11) is 0. The molecule has 0 N–H and O–H groups in total. The minimum absolute atomic E-state index is 0. The maximum atomic E-state index is 8.26. The molecule has 0 aliphatic carbocycles. The third-order valence-electron chi connectivity index (χ3n) is 0. The molecule has 0 saturated carbocycles. The van der Waals surface area contributed by atoms with E-state index in [1.54, 1.807) is 0 Å². The molecule has 4 heteroatoms. The number of rotatable bonds is 0. The van der Waals surface area contributed by atoms with Crippen LogP contribution in [0.25, 0.3) is 0 Å². The van der Waals surface area contributed by atoms with E-state index in [1.165, 1.54) is 0 Å². The fraction of sp³-hybridized carbons (Fsp3) is 0. The molecule has 0 aliphatic rings. The Morgan fingerprint density at radius 1 is 1.25 bits per heavy atom. The van der Waals surface area contributed by atoms with Crippen LogP contribution in [0.2, 0.25) is 0 Å². The molecule has 0 spiro atoms. The van der Waals surface area contributed by atoms with E-state index in [4.69, 9.17) is 3.40 Å². The van der Waals surface area contributed by atoms with Gasteiger partial charge < -0.3 is 0 Å². The van der Waals surface area contributed by atoms with Gasteiger partial charge in [0.1, 0.15) is 0 Å². The molecule has 0 bridgehead atoms. The van der Waals surface area contributed by atoms with Gasteiger partial charge in [0.05, 0.1) is 0 Å². The molecule has 0 amide bonds. The monoisotopic (exact) mass is 276 g/mol. The molecule has 0 fully saturated rings. The quantitative estimate of drug-likeness (QED) is 0.544. The molecule has 0 aromatic heterocycles. The van der Waals surface area contributed by atoms with E-state index in [0.717, 1.165) is 0 Å². The van der Waals surface area contributed by atoms with Crippen LogP contribution in [0.5, 0.6) is 0 Å². The number of hydrogen-bond donors (Lipinski definition) is 0. The Morgan fingerprint density at radius 2 is 1.25 bits per heavy atom. The minimum atomic E-state index is 0. The molecule has 0 heterocycles. The normalized spacial score (nSPS) is 1.00. The Balaban J connectivity index is -0.00000000500. The van der Waals surface area contributed by atoms with E-state index >= 15 is 0 Å². The molecule has 0 aliphatic heterocycles. The van der Waals surface area contributed by atoms with Gasteiger partial charge in [0.2, 0.25) is 0 Å². The average Bonchev–Trinajstić information content (AvgIpc) is 1.00. The molecule has 0 aromatic rings. The van der Waals surface area contributed by atoms with Crippen molar-refractivity contribution in [2.45, 2.75) is 0 Å². The SMILES string of the molecule is [La].[Na].[O]=[Mo]. The molecule has 0 saturated heterocycles. The maximum absolute atomic E-state index is 8.26. The topological polar surface area (TPSA) is 17.1 Å². The number of hydrogen-bond acceptors (Lipinski definition) is 1. The molecule has 0 unspecified atom stereocenters. The predicted molar refractivity (Wildman–Crippen MR) is 6.44 cm³/mol. The summed E-state index contributed by atoms with van der Waals surface area (Å²) in [6.07, 6.45) is 0. The molecule has 0 aromatic carbocycles. The zero-order valence-corrected chi connectivity index (χ0v) is 10.0. The summed E-state index contributed by atoms with van der Waals surface area (Å²) in [5, 5.41) is 0. The second-order valence-corrected chi connectivity index (χ2v) is 0. The van der Waals surface area contributed by atoms with Crippen LogP contribution in [0.15, 0.2) is 0 Å². The summed E-state index contributed by atoms with van der Waals surface area (Å²) >= 11 is 0.700. The second kappa shape index (κ2) is 17.3. The summed E-state index contributed by atoms with van der Waals surface area (Å²) in [6, 6.07) is 0. The van der Waals surface area contributed by atoms with Crippen LogP contribution >= 0.6 is 0 Å². The van der Waals surface area contributed by atoms with Crippen molar-refractivity contribution in [1.29, 1.82) is 0 Å². The first-order chi connectivity index (χ1) is 1.00. The Morgan fingerprint density at radius 3 is 1.25 bits per heavy atom. The molecule has 4 heavy (non-hydrogen) atoms. The third kappa shape index (κ3) is 8.82. The Bertz CT molecular complexity index is 8.00. The molecule has 1 nitrogen and oxygen atoms in total. The summed E-state index contributed by atoms with van der Waals surface area (Å²) < 4.78 is 8.26. The van der Waals surface area contributed by atoms with Gasteiger partial charge in [-0.05, 0) is 0 Å². The van der Waals surface area contributed by atoms with Gasteiger partial charge in [-0.25, -0.2) is 0 Å². The zero-order chi connectivity index (χ0) is 2.00. The van der Waals surface area contributed by atoms with Crippen LogP contribution in [0.1, 0.15) is 0 Å². The first-order valence-electron chi connectivity index (χ1n) is 0.167. The zero-order valence-electron chi connectivity index (χ0n) is 2.39. The Hall–Kier alpha value is 2.68. The van der Waals surface area contributed by atoms with Gasteiger partial charge in [-0.1, -0.05) is 0 Å². The van der Waals surface area contributed by atoms with Gasteiger partial charge in [0.25, 0.3) is 0 Å².